The normalized spacial score (nSPS) is 10.8. The zero-order chi connectivity index (χ0) is 15.0. The molecule has 0 atom stereocenters. The second-order valence-electron chi connectivity index (χ2n) is 4.65. The molecular formula is C15H11ClFN3O. The molecule has 106 valence electrons. The number of amides is 1. The Morgan fingerprint density at radius 2 is 2.10 bits per heavy atom. The molecule has 0 aliphatic heterocycles. The number of aromatic nitrogens is 2. The minimum Gasteiger partial charge on any atom is -0.320 e. The molecular weight excluding hydrogens is 293 g/mol. The number of fused-ring (bicyclic) bond motifs is 1. The van der Waals surface area contributed by atoms with Crippen molar-refractivity contribution in [3.8, 4) is 0 Å². The van der Waals surface area contributed by atoms with Gasteiger partial charge in [0.1, 0.15) is 17.2 Å². The fourth-order valence-corrected chi connectivity index (χ4v) is 2.16. The zero-order valence-corrected chi connectivity index (χ0v) is 11.9. The first-order valence-electron chi connectivity index (χ1n) is 6.25. The lowest BCUT2D eigenvalue weighted by Crippen LogP contribution is -2.13. The van der Waals surface area contributed by atoms with E-state index in [9.17, 15) is 9.18 Å². The highest BCUT2D eigenvalue weighted by atomic mass is 35.5. The first-order chi connectivity index (χ1) is 10.0. The first kappa shape index (κ1) is 13.6. The summed E-state index contributed by atoms with van der Waals surface area (Å²) in [6, 6.07) is 8.05. The third-order valence-corrected chi connectivity index (χ3v) is 3.33. The van der Waals surface area contributed by atoms with Gasteiger partial charge in [0, 0.05) is 23.1 Å². The summed E-state index contributed by atoms with van der Waals surface area (Å²) >= 11 is 5.92. The molecule has 0 fully saturated rings. The molecule has 0 bridgehead atoms. The lowest BCUT2D eigenvalue weighted by Gasteiger charge is -2.07. The Kier molecular flexibility index (Phi) is 3.35. The molecule has 0 aliphatic carbocycles. The molecule has 0 aliphatic rings. The Morgan fingerprint density at radius 1 is 1.29 bits per heavy atom. The molecule has 3 aromatic rings. The predicted molar refractivity (Wildman–Crippen MR) is 79.3 cm³/mol. The van der Waals surface area contributed by atoms with Gasteiger partial charge in [-0.25, -0.2) is 9.37 Å². The molecule has 0 radical (unpaired) electrons. The average Bonchev–Trinajstić information content (AvgIpc) is 2.86. The molecule has 21 heavy (non-hydrogen) atoms. The highest BCUT2D eigenvalue weighted by Crippen LogP contribution is 2.21. The van der Waals surface area contributed by atoms with Crippen molar-refractivity contribution in [1.29, 1.82) is 0 Å². The zero-order valence-electron chi connectivity index (χ0n) is 11.1. The Labute approximate surface area is 125 Å². The Hall–Kier alpha value is -2.40. The topological polar surface area (TPSA) is 46.4 Å². The van der Waals surface area contributed by atoms with Crippen LogP contribution < -0.4 is 5.32 Å². The van der Waals surface area contributed by atoms with E-state index in [1.54, 1.807) is 12.1 Å². The summed E-state index contributed by atoms with van der Waals surface area (Å²) in [5.74, 6) is -0.762. The monoisotopic (exact) mass is 303 g/mol. The average molecular weight is 304 g/mol. The quantitative estimate of drug-likeness (QED) is 0.785. The summed E-state index contributed by atoms with van der Waals surface area (Å²) in [5, 5.41) is 3.29. The number of pyridine rings is 1. The van der Waals surface area contributed by atoms with Crippen LogP contribution in [0.3, 0.4) is 0 Å². The highest BCUT2D eigenvalue weighted by molar-refractivity contribution is 6.31. The molecule has 2 heterocycles. The molecule has 6 heteroatoms. The second kappa shape index (κ2) is 5.18. The van der Waals surface area contributed by atoms with Crippen molar-refractivity contribution < 1.29 is 9.18 Å². The summed E-state index contributed by atoms with van der Waals surface area (Å²) < 4.78 is 14.6. The molecule has 0 saturated heterocycles. The lowest BCUT2D eigenvalue weighted by atomic mass is 10.2. The van der Waals surface area contributed by atoms with Gasteiger partial charge in [0.15, 0.2) is 0 Å². The van der Waals surface area contributed by atoms with Gasteiger partial charge < -0.3 is 9.72 Å². The minimum absolute atomic E-state index is 0.208. The van der Waals surface area contributed by atoms with E-state index in [0.29, 0.717) is 16.4 Å². The maximum Gasteiger partial charge on any atom is 0.275 e. The molecule has 4 nitrogen and oxygen atoms in total. The van der Waals surface area contributed by atoms with Crippen molar-refractivity contribution in [2.75, 3.05) is 5.32 Å². The van der Waals surface area contributed by atoms with Gasteiger partial charge in [-0.05, 0) is 36.8 Å². The Balaban J connectivity index is 1.91. The van der Waals surface area contributed by atoms with Gasteiger partial charge in [-0.2, -0.15) is 0 Å². The Bertz CT molecular complexity index is 844. The van der Waals surface area contributed by atoms with Gasteiger partial charge in [-0.15, -0.1) is 0 Å². The van der Waals surface area contributed by atoms with Gasteiger partial charge in [-0.1, -0.05) is 17.7 Å². The van der Waals surface area contributed by atoms with Crippen LogP contribution in [0.4, 0.5) is 10.1 Å². The third-order valence-electron chi connectivity index (χ3n) is 3.10. The van der Waals surface area contributed by atoms with Crippen molar-refractivity contribution in [3.05, 3.63) is 64.8 Å². The SMILES string of the molecule is Cc1ccc(Cl)cc1NC(=O)c1cn2cc(F)ccc2n1. The summed E-state index contributed by atoms with van der Waals surface area (Å²) in [6.45, 7) is 1.87. The number of imidazole rings is 1. The maximum atomic E-state index is 13.1. The summed E-state index contributed by atoms with van der Waals surface area (Å²) in [4.78, 5) is 16.4. The number of rotatable bonds is 2. The second-order valence-corrected chi connectivity index (χ2v) is 5.09. The molecule has 1 aromatic carbocycles. The van der Waals surface area contributed by atoms with Crippen molar-refractivity contribution in [2.24, 2.45) is 0 Å². The first-order valence-corrected chi connectivity index (χ1v) is 6.62. The predicted octanol–water partition coefficient (Wildman–Crippen LogP) is 3.69. The minimum atomic E-state index is -0.391. The molecule has 1 N–H and O–H groups in total. The molecule has 0 unspecified atom stereocenters. The van der Waals surface area contributed by atoms with Crippen LogP contribution in [0.2, 0.25) is 5.02 Å². The van der Waals surface area contributed by atoms with E-state index in [1.165, 1.54) is 28.9 Å². The molecule has 3 rings (SSSR count). The number of hydrogen-bond acceptors (Lipinski definition) is 2. The van der Waals surface area contributed by atoms with E-state index in [0.717, 1.165) is 5.56 Å². The number of aryl methyl sites for hydroxylation is 1. The van der Waals surface area contributed by atoms with Gasteiger partial charge in [0.25, 0.3) is 5.91 Å². The van der Waals surface area contributed by atoms with Crippen molar-refractivity contribution in [1.82, 2.24) is 9.38 Å². The number of nitrogens with zero attached hydrogens (tertiary/aromatic N) is 2. The van der Waals surface area contributed by atoms with Crippen molar-refractivity contribution in [3.63, 3.8) is 0 Å². The lowest BCUT2D eigenvalue weighted by molar-refractivity contribution is 0.102. The van der Waals surface area contributed by atoms with Crippen molar-refractivity contribution >= 4 is 28.8 Å². The highest BCUT2D eigenvalue weighted by Gasteiger charge is 2.12. The van der Waals surface area contributed by atoms with Crippen LogP contribution in [-0.2, 0) is 0 Å². The van der Waals surface area contributed by atoms with Gasteiger partial charge >= 0.3 is 0 Å². The summed E-state index contributed by atoms with van der Waals surface area (Å²) in [5.41, 5.74) is 2.22. The smallest absolute Gasteiger partial charge is 0.275 e. The van der Waals surface area contributed by atoms with E-state index < -0.39 is 5.82 Å². The fraction of sp³-hybridized carbons (Fsp3) is 0.0667. The standard InChI is InChI=1S/C15H11ClFN3O/c1-9-2-3-10(16)6-12(9)19-15(21)13-8-20-7-11(17)4-5-14(20)18-13/h2-8H,1H3,(H,19,21). The van der Waals surface area contributed by atoms with Crippen LogP contribution in [-0.4, -0.2) is 15.3 Å². The van der Waals surface area contributed by atoms with E-state index in [4.69, 9.17) is 11.6 Å². The third kappa shape index (κ3) is 2.73. The number of carbonyl (C=O) groups is 1. The van der Waals surface area contributed by atoms with Crippen molar-refractivity contribution in [2.45, 2.75) is 6.92 Å². The number of carbonyl (C=O) groups excluding carboxylic acids is 1. The van der Waals surface area contributed by atoms with E-state index in [-0.39, 0.29) is 11.6 Å². The van der Waals surface area contributed by atoms with E-state index >= 15 is 0 Å². The van der Waals surface area contributed by atoms with Gasteiger partial charge in [-0.3, -0.25) is 4.79 Å². The van der Waals surface area contributed by atoms with Gasteiger partial charge in [0.05, 0.1) is 0 Å². The van der Waals surface area contributed by atoms with Crippen LogP contribution in [0.25, 0.3) is 5.65 Å². The molecule has 1 amide bonds. The number of nitrogens with one attached hydrogen (secondary N) is 1. The number of anilines is 1. The molecule has 0 spiro atoms. The largest absolute Gasteiger partial charge is 0.320 e. The number of benzene rings is 1. The fourth-order valence-electron chi connectivity index (χ4n) is 1.99. The number of halogens is 2. The van der Waals surface area contributed by atoms with Gasteiger partial charge in [0.2, 0.25) is 0 Å². The molecule has 2 aromatic heterocycles. The van der Waals surface area contributed by atoms with Crippen LogP contribution in [0, 0.1) is 12.7 Å². The number of hydrogen-bond donors (Lipinski definition) is 1. The summed E-state index contributed by atoms with van der Waals surface area (Å²) in [6.07, 6.45) is 2.75. The summed E-state index contributed by atoms with van der Waals surface area (Å²) in [7, 11) is 0. The van der Waals surface area contributed by atoms with Crippen LogP contribution in [0.15, 0.2) is 42.7 Å². The van der Waals surface area contributed by atoms with E-state index in [1.807, 2.05) is 13.0 Å². The van der Waals surface area contributed by atoms with Crippen LogP contribution in [0.5, 0.6) is 0 Å². The maximum absolute atomic E-state index is 13.1. The van der Waals surface area contributed by atoms with E-state index in [2.05, 4.69) is 10.3 Å². The van der Waals surface area contributed by atoms with Crippen LogP contribution >= 0.6 is 11.6 Å². The molecule has 0 saturated carbocycles. The Morgan fingerprint density at radius 3 is 2.90 bits per heavy atom. The van der Waals surface area contributed by atoms with Crippen LogP contribution in [0.1, 0.15) is 16.1 Å².